The number of hydrogen-bond acceptors (Lipinski definition) is 3. The van der Waals surface area contributed by atoms with Gasteiger partial charge in [-0.3, -0.25) is 4.79 Å². The molecule has 4 nitrogen and oxygen atoms in total. The fraction of sp³-hybridized carbons (Fsp3) is 0.133. The van der Waals surface area contributed by atoms with Crippen molar-refractivity contribution in [1.29, 1.82) is 0 Å². The third kappa shape index (κ3) is 4.25. The number of rotatable bonds is 5. The molecule has 3 N–H and O–H groups in total. The van der Waals surface area contributed by atoms with E-state index in [1.54, 1.807) is 30.3 Å². The molecule has 0 aliphatic carbocycles. The predicted molar refractivity (Wildman–Crippen MR) is 75.1 cm³/mol. The van der Waals surface area contributed by atoms with Gasteiger partial charge in [0.05, 0.1) is 0 Å². The lowest BCUT2D eigenvalue weighted by Gasteiger charge is -2.13. The number of alkyl halides is 2. The first kappa shape index (κ1) is 14.9. The van der Waals surface area contributed by atoms with E-state index in [-0.39, 0.29) is 5.75 Å². The number of halogens is 2. The maximum atomic E-state index is 12.1. The Morgan fingerprint density at radius 1 is 1.10 bits per heavy atom. The molecule has 0 bridgehead atoms. The summed E-state index contributed by atoms with van der Waals surface area (Å²) in [5.74, 6) is -0.466. The van der Waals surface area contributed by atoms with E-state index >= 15 is 0 Å². The molecule has 0 aromatic heterocycles. The zero-order chi connectivity index (χ0) is 15.2. The average Bonchev–Trinajstić information content (AvgIpc) is 2.47. The van der Waals surface area contributed by atoms with Crippen LogP contribution in [0.1, 0.15) is 11.6 Å². The number of nitrogens with one attached hydrogen (secondary N) is 1. The summed E-state index contributed by atoms with van der Waals surface area (Å²) < 4.78 is 28.5. The van der Waals surface area contributed by atoms with Crippen molar-refractivity contribution in [3.05, 3.63) is 60.2 Å². The van der Waals surface area contributed by atoms with Crippen LogP contribution in [0, 0.1) is 0 Å². The Labute approximate surface area is 120 Å². The van der Waals surface area contributed by atoms with Crippen LogP contribution in [0.15, 0.2) is 54.6 Å². The Kier molecular flexibility index (Phi) is 4.84. The van der Waals surface area contributed by atoms with Crippen molar-refractivity contribution in [3.63, 3.8) is 0 Å². The number of hydrogen-bond donors (Lipinski definition) is 2. The summed E-state index contributed by atoms with van der Waals surface area (Å²) in [6.45, 7) is -2.91. The smallest absolute Gasteiger partial charge is 0.387 e. The van der Waals surface area contributed by atoms with E-state index in [1.807, 2.05) is 6.07 Å². The maximum Gasteiger partial charge on any atom is 0.387 e. The first-order valence-corrected chi connectivity index (χ1v) is 6.22. The molecule has 0 aliphatic heterocycles. The van der Waals surface area contributed by atoms with Crippen LogP contribution in [0.2, 0.25) is 0 Å². The highest BCUT2D eigenvalue weighted by molar-refractivity contribution is 5.95. The fourth-order valence-corrected chi connectivity index (χ4v) is 1.78. The van der Waals surface area contributed by atoms with Gasteiger partial charge in [0, 0.05) is 11.8 Å². The van der Waals surface area contributed by atoms with Crippen molar-refractivity contribution in [3.8, 4) is 5.75 Å². The molecular weight excluding hydrogens is 278 g/mol. The largest absolute Gasteiger partial charge is 0.435 e. The van der Waals surface area contributed by atoms with Crippen molar-refractivity contribution in [1.82, 2.24) is 0 Å². The average molecular weight is 292 g/mol. The lowest BCUT2D eigenvalue weighted by atomic mass is 10.1. The van der Waals surface area contributed by atoms with Crippen LogP contribution in [0.3, 0.4) is 0 Å². The quantitative estimate of drug-likeness (QED) is 0.890. The molecule has 0 heterocycles. The first-order valence-electron chi connectivity index (χ1n) is 6.22. The van der Waals surface area contributed by atoms with Gasteiger partial charge in [0.15, 0.2) is 0 Å². The minimum Gasteiger partial charge on any atom is -0.435 e. The normalized spacial score (nSPS) is 12.0. The Balaban J connectivity index is 2.06. The van der Waals surface area contributed by atoms with Crippen LogP contribution >= 0.6 is 0 Å². The SMILES string of the molecule is NC(C(=O)Nc1cccc(OC(F)F)c1)c1ccccc1. The van der Waals surface area contributed by atoms with Gasteiger partial charge in [-0.15, -0.1) is 0 Å². The summed E-state index contributed by atoms with van der Waals surface area (Å²) >= 11 is 0. The highest BCUT2D eigenvalue weighted by Gasteiger charge is 2.15. The van der Waals surface area contributed by atoms with Gasteiger partial charge in [-0.2, -0.15) is 8.78 Å². The number of anilines is 1. The van der Waals surface area contributed by atoms with Crippen molar-refractivity contribution in [2.45, 2.75) is 12.7 Å². The second-order valence-corrected chi connectivity index (χ2v) is 4.28. The van der Waals surface area contributed by atoms with E-state index in [1.165, 1.54) is 18.2 Å². The van der Waals surface area contributed by atoms with E-state index in [4.69, 9.17) is 5.73 Å². The Hall–Kier alpha value is -2.47. The minimum absolute atomic E-state index is 0.0314. The van der Waals surface area contributed by atoms with Gasteiger partial charge in [0.1, 0.15) is 11.8 Å². The minimum atomic E-state index is -2.91. The molecule has 2 aromatic carbocycles. The summed E-state index contributed by atoms with van der Waals surface area (Å²) in [5, 5.41) is 2.56. The summed E-state index contributed by atoms with van der Waals surface area (Å²) in [5.41, 5.74) is 6.84. The third-order valence-corrected chi connectivity index (χ3v) is 2.77. The number of carbonyl (C=O) groups excluding carboxylic acids is 1. The van der Waals surface area contributed by atoms with Gasteiger partial charge in [-0.1, -0.05) is 36.4 Å². The van der Waals surface area contributed by atoms with Crippen molar-refractivity contribution < 1.29 is 18.3 Å². The molecule has 0 saturated carbocycles. The number of nitrogens with two attached hydrogens (primary N) is 1. The van der Waals surface area contributed by atoms with Gasteiger partial charge in [-0.05, 0) is 17.7 Å². The van der Waals surface area contributed by atoms with Crippen molar-refractivity contribution in [2.24, 2.45) is 5.73 Å². The summed E-state index contributed by atoms with van der Waals surface area (Å²) in [7, 11) is 0. The molecule has 0 radical (unpaired) electrons. The Bertz CT molecular complexity index is 606. The molecule has 2 rings (SSSR count). The van der Waals surface area contributed by atoms with E-state index in [0.717, 1.165) is 0 Å². The zero-order valence-electron chi connectivity index (χ0n) is 11.0. The molecule has 1 unspecified atom stereocenters. The highest BCUT2D eigenvalue weighted by Crippen LogP contribution is 2.20. The molecule has 0 spiro atoms. The third-order valence-electron chi connectivity index (χ3n) is 2.77. The van der Waals surface area contributed by atoms with Crippen LogP contribution in [0.25, 0.3) is 0 Å². The van der Waals surface area contributed by atoms with Crippen molar-refractivity contribution >= 4 is 11.6 Å². The van der Waals surface area contributed by atoms with E-state index < -0.39 is 18.6 Å². The van der Waals surface area contributed by atoms with Crippen molar-refractivity contribution in [2.75, 3.05) is 5.32 Å². The topological polar surface area (TPSA) is 64.4 Å². The monoisotopic (exact) mass is 292 g/mol. The molecule has 2 aromatic rings. The summed E-state index contributed by atoms with van der Waals surface area (Å²) in [6, 6.07) is 13.8. The summed E-state index contributed by atoms with van der Waals surface area (Å²) in [6.07, 6.45) is 0. The van der Waals surface area contributed by atoms with Crippen LogP contribution in [0.4, 0.5) is 14.5 Å². The predicted octanol–water partition coefficient (Wildman–Crippen LogP) is 2.93. The second kappa shape index (κ2) is 6.81. The Morgan fingerprint density at radius 2 is 1.81 bits per heavy atom. The maximum absolute atomic E-state index is 12.1. The number of amides is 1. The van der Waals surface area contributed by atoms with Crippen LogP contribution in [0.5, 0.6) is 5.75 Å². The number of carbonyl (C=O) groups is 1. The van der Waals surface area contributed by atoms with Crippen LogP contribution in [-0.4, -0.2) is 12.5 Å². The molecule has 0 saturated heterocycles. The molecule has 1 atom stereocenters. The van der Waals surface area contributed by atoms with E-state index in [9.17, 15) is 13.6 Å². The van der Waals surface area contributed by atoms with Crippen LogP contribution in [-0.2, 0) is 4.79 Å². The lowest BCUT2D eigenvalue weighted by Crippen LogP contribution is -2.27. The number of ether oxygens (including phenoxy) is 1. The fourth-order valence-electron chi connectivity index (χ4n) is 1.78. The molecule has 6 heteroatoms. The number of benzene rings is 2. The van der Waals surface area contributed by atoms with E-state index in [2.05, 4.69) is 10.1 Å². The highest BCUT2D eigenvalue weighted by atomic mass is 19.3. The van der Waals surface area contributed by atoms with Gasteiger partial charge in [-0.25, -0.2) is 0 Å². The standard InChI is InChI=1S/C15H14F2N2O2/c16-15(17)21-12-8-4-7-11(9-12)19-14(20)13(18)10-5-2-1-3-6-10/h1-9,13,15H,18H2,(H,19,20). The van der Waals surface area contributed by atoms with Gasteiger partial charge in [0.25, 0.3) is 0 Å². The van der Waals surface area contributed by atoms with E-state index in [0.29, 0.717) is 11.3 Å². The molecule has 0 aliphatic rings. The van der Waals surface area contributed by atoms with Gasteiger partial charge < -0.3 is 15.8 Å². The zero-order valence-corrected chi connectivity index (χ0v) is 11.0. The van der Waals surface area contributed by atoms with Crippen LogP contribution < -0.4 is 15.8 Å². The second-order valence-electron chi connectivity index (χ2n) is 4.28. The molecular formula is C15H14F2N2O2. The summed E-state index contributed by atoms with van der Waals surface area (Å²) in [4.78, 5) is 12.0. The Morgan fingerprint density at radius 3 is 2.48 bits per heavy atom. The molecule has 21 heavy (non-hydrogen) atoms. The molecule has 1 amide bonds. The van der Waals surface area contributed by atoms with Gasteiger partial charge in [0.2, 0.25) is 5.91 Å². The molecule has 110 valence electrons. The van der Waals surface area contributed by atoms with Gasteiger partial charge >= 0.3 is 6.61 Å². The molecule has 0 fully saturated rings. The lowest BCUT2D eigenvalue weighted by molar-refractivity contribution is -0.117. The first-order chi connectivity index (χ1) is 10.1.